The summed E-state index contributed by atoms with van der Waals surface area (Å²) in [7, 11) is -3.88. The van der Waals surface area contributed by atoms with Gasteiger partial charge in [0, 0.05) is 12.6 Å². The molecule has 5 nitrogen and oxygen atoms in total. The van der Waals surface area contributed by atoms with Crippen LogP contribution in [-0.4, -0.2) is 43.5 Å². The summed E-state index contributed by atoms with van der Waals surface area (Å²) < 4.78 is 46.2. The summed E-state index contributed by atoms with van der Waals surface area (Å²) in [6, 6.07) is 3.54. The first-order chi connectivity index (χ1) is 9.89. The molecule has 0 radical (unpaired) electrons. The van der Waals surface area contributed by atoms with Crippen molar-refractivity contribution in [2.45, 2.75) is 24.3 Å². The van der Waals surface area contributed by atoms with E-state index >= 15 is 0 Å². The smallest absolute Gasteiger partial charge is 0.244 e. The molecule has 1 aromatic carbocycles. The minimum absolute atomic E-state index is 0.185. The second kappa shape index (κ2) is 6.35. The first-order valence-electron chi connectivity index (χ1n) is 6.57. The molecule has 1 aliphatic heterocycles. The Labute approximate surface area is 128 Å². The predicted molar refractivity (Wildman–Crippen MR) is 81.1 cm³/mol. The number of ether oxygens (including phenoxy) is 1. The van der Waals surface area contributed by atoms with Gasteiger partial charge >= 0.3 is 0 Å². The average molecular weight is 332 g/mol. The highest BCUT2D eigenvalue weighted by Gasteiger charge is 2.35. The summed E-state index contributed by atoms with van der Waals surface area (Å²) in [5.41, 5.74) is 5.26. The molecule has 0 bridgehead atoms. The fraction of sp³-hybridized carbons (Fsp3) is 0.462. The monoisotopic (exact) mass is 332 g/mol. The van der Waals surface area contributed by atoms with Crippen LogP contribution in [0, 0.1) is 5.82 Å². The first kappa shape index (κ1) is 16.3. The fourth-order valence-electron chi connectivity index (χ4n) is 2.36. The van der Waals surface area contributed by atoms with Gasteiger partial charge in [0.05, 0.1) is 23.7 Å². The summed E-state index contributed by atoms with van der Waals surface area (Å²) in [6.45, 7) is 2.75. The summed E-state index contributed by atoms with van der Waals surface area (Å²) in [4.78, 5) is -0.455. The number of halogens is 1. The molecule has 21 heavy (non-hydrogen) atoms. The maximum absolute atomic E-state index is 13.9. The molecule has 1 aliphatic rings. The number of benzene rings is 1. The fourth-order valence-corrected chi connectivity index (χ4v) is 4.52. The molecule has 1 aromatic rings. The largest absolute Gasteiger partial charge is 0.389 e. The van der Waals surface area contributed by atoms with Crippen molar-refractivity contribution in [2.75, 3.05) is 19.8 Å². The maximum atomic E-state index is 13.9. The van der Waals surface area contributed by atoms with Crippen molar-refractivity contribution < 1.29 is 17.5 Å². The molecular formula is C13H17FN2O3S2. The second-order valence-corrected chi connectivity index (χ2v) is 7.03. The van der Waals surface area contributed by atoms with Gasteiger partial charge in [0.1, 0.15) is 10.8 Å². The molecule has 1 saturated heterocycles. The lowest BCUT2D eigenvalue weighted by Crippen LogP contribution is -2.48. The molecule has 0 aromatic heterocycles. The summed E-state index contributed by atoms with van der Waals surface area (Å²) in [5.74, 6) is -0.732. The Balaban J connectivity index is 2.54. The van der Waals surface area contributed by atoms with Crippen LogP contribution in [0.1, 0.15) is 18.9 Å². The van der Waals surface area contributed by atoms with Crippen LogP contribution in [0.25, 0.3) is 0 Å². The van der Waals surface area contributed by atoms with Gasteiger partial charge in [0.2, 0.25) is 10.0 Å². The van der Waals surface area contributed by atoms with E-state index in [0.29, 0.717) is 19.6 Å². The van der Waals surface area contributed by atoms with E-state index < -0.39 is 15.8 Å². The first-order valence-corrected chi connectivity index (χ1v) is 8.42. The second-order valence-electron chi connectivity index (χ2n) is 4.73. The minimum Gasteiger partial charge on any atom is -0.389 e. The van der Waals surface area contributed by atoms with E-state index in [1.165, 1.54) is 16.4 Å². The summed E-state index contributed by atoms with van der Waals surface area (Å²) >= 11 is 4.80. The third kappa shape index (κ3) is 3.08. The topological polar surface area (TPSA) is 72.6 Å². The van der Waals surface area contributed by atoms with Crippen molar-refractivity contribution >= 4 is 27.2 Å². The Morgan fingerprint density at radius 3 is 2.90 bits per heavy atom. The zero-order chi connectivity index (χ0) is 15.6. The van der Waals surface area contributed by atoms with Crippen LogP contribution in [0.15, 0.2) is 23.1 Å². The molecule has 0 spiro atoms. The lowest BCUT2D eigenvalue weighted by atomic mass is 10.2. The van der Waals surface area contributed by atoms with Gasteiger partial charge < -0.3 is 10.5 Å². The summed E-state index contributed by atoms with van der Waals surface area (Å²) in [6.07, 6.45) is 0.608. The Morgan fingerprint density at radius 1 is 1.57 bits per heavy atom. The van der Waals surface area contributed by atoms with Crippen LogP contribution in [0.2, 0.25) is 0 Å². The molecule has 2 N–H and O–H groups in total. The Kier molecular flexibility index (Phi) is 4.92. The zero-order valence-corrected chi connectivity index (χ0v) is 13.2. The van der Waals surface area contributed by atoms with Crippen molar-refractivity contribution in [2.24, 2.45) is 5.73 Å². The highest BCUT2D eigenvalue weighted by atomic mass is 32.2. The number of rotatable bonds is 4. The number of sulfonamides is 1. The lowest BCUT2D eigenvalue weighted by molar-refractivity contribution is 0.0314. The molecule has 116 valence electrons. The standard InChI is InChI=1S/C13H17FN2O3S2/c1-2-9-8-19-7-6-16(9)21(17,18)11-5-3-4-10(14)12(11)13(15)20/h3-5,9H,2,6-8H2,1H3,(H2,15,20). The number of nitrogens with zero attached hydrogens (tertiary/aromatic N) is 1. The van der Waals surface area contributed by atoms with Gasteiger partial charge in [-0.15, -0.1) is 0 Å². The van der Waals surface area contributed by atoms with Gasteiger partial charge in [-0.25, -0.2) is 12.8 Å². The van der Waals surface area contributed by atoms with E-state index in [2.05, 4.69) is 0 Å². The molecule has 1 fully saturated rings. The number of hydrogen-bond donors (Lipinski definition) is 1. The normalized spacial score (nSPS) is 20.4. The van der Waals surface area contributed by atoms with Crippen LogP contribution in [0.5, 0.6) is 0 Å². The van der Waals surface area contributed by atoms with E-state index in [9.17, 15) is 12.8 Å². The molecule has 1 atom stereocenters. The molecule has 8 heteroatoms. The van der Waals surface area contributed by atoms with Crippen molar-refractivity contribution in [3.63, 3.8) is 0 Å². The summed E-state index contributed by atoms with van der Waals surface area (Å²) in [5, 5.41) is 0. The third-order valence-corrected chi connectivity index (χ3v) is 5.65. The van der Waals surface area contributed by atoms with Crippen LogP contribution in [0.3, 0.4) is 0 Å². The van der Waals surface area contributed by atoms with Crippen LogP contribution in [-0.2, 0) is 14.8 Å². The van der Waals surface area contributed by atoms with Gasteiger partial charge in [0.25, 0.3) is 0 Å². The lowest BCUT2D eigenvalue weighted by Gasteiger charge is -2.34. The molecule has 1 unspecified atom stereocenters. The Morgan fingerprint density at radius 2 is 2.29 bits per heavy atom. The molecule has 2 rings (SSSR count). The van der Waals surface area contributed by atoms with E-state index in [-0.39, 0.29) is 28.0 Å². The van der Waals surface area contributed by atoms with Crippen molar-refractivity contribution in [1.29, 1.82) is 0 Å². The number of thiocarbonyl (C=S) groups is 1. The van der Waals surface area contributed by atoms with Crippen LogP contribution >= 0.6 is 12.2 Å². The Hall–Kier alpha value is -1.09. The van der Waals surface area contributed by atoms with Crippen molar-refractivity contribution in [3.05, 3.63) is 29.6 Å². The van der Waals surface area contributed by atoms with Crippen LogP contribution < -0.4 is 5.73 Å². The maximum Gasteiger partial charge on any atom is 0.244 e. The number of morpholine rings is 1. The van der Waals surface area contributed by atoms with Gasteiger partial charge in [-0.1, -0.05) is 25.2 Å². The van der Waals surface area contributed by atoms with E-state index in [1.54, 1.807) is 0 Å². The van der Waals surface area contributed by atoms with Gasteiger partial charge in [0.15, 0.2) is 0 Å². The van der Waals surface area contributed by atoms with Crippen LogP contribution in [0.4, 0.5) is 4.39 Å². The minimum atomic E-state index is -3.88. The van der Waals surface area contributed by atoms with Gasteiger partial charge in [-0.2, -0.15) is 4.31 Å². The molecular weight excluding hydrogens is 315 g/mol. The quantitative estimate of drug-likeness (QED) is 0.841. The predicted octanol–water partition coefficient (Wildman–Crippen LogP) is 1.26. The third-order valence-electron chi connectivity index (χ3n) is 3.45. The SMILES string of the molecule is CCC1COCCN1S(=O)(=O)c1cccc(F)c1C(N)=S. The van der Waals surface area contributed by atoms with E-state index in [1.807, 2.05) is 6.92 Å². The molecule has 1 heterocycles. The highest BCUT2D eigenvalue weighted by molar-refractivity contribution is 7.89. The zero-order valence-electron chi connectivity index (χ0n) is 11.6. The highest BCUT2D eigenvalue weighted by Crippen LogP contribution is 2.26. The van der Waals surface area contributed by atoms with Gasteiger partial charge in [-0.05, 0) is 18.6 Å². The molecule has 0 saturated carbocycles. The van der Waals surface area contributed by atoms with E-state index in [0.717, 1.165) is 6.07 Å². The molecule has 0 amide bonds. The van der Waals surface area contributed by atoms with Crippen molar-refractivity contribution in [1.82, 2.24) is 4.31 Å². The average Bonchev–Trinajstić information content (AvgIpc) is 2.46. The number of nitrogens with two attached hydrogens (primary N) is 1. The van der Waals surface area contributed by atoms with Gasteiger partial charge in [-0.3, -0.25) is 0 Å². The molecule has 0 aliphatic carbocycles. The van der Waals surface area contributed by atoms with E-state index in [4.69, 9.17) is 22.7 Å². The number of hydrogen-bond acceptors (Lipinski definition) is 4. The Bertz CT molecular complexity index is 649. The van der Waals surface area contributed by atoms with Crippen molar-refractivity contribution in [3.8, 4) is 0 Å².